The first-order valence-electron chi connectivity index (χ1n) is 17.7. The van der Waals surface area contributed by atoms with E-state index in [1.165, 1.54) is 25.3 Å². The van der Waals surface area contributed by atoms with Crippen molar-refractivity contribution in [2.45, 2.75) is 122 Å². The quantitative estimate of drug-likeness (QED) is 0.144. The van der Waals surface area contributed by atoms with E-state index in [-0.39, 0.29) is 24.1 Å². The topological polar surface area (TPSA) is 107 Å². The number of nitrogens with one attached hydrogen (secondary N) is 2. The van der Waals surface area contributed by atoms with Crippen molar-refractivity contribution >= 4 is 31.1 Å². The van der Waals surface area contributed by atoms with E-state index >= 15 is 4.39 Å². The van der Waals surface area contributed by atoms with Crippen LogP contribution in [0.2, 0.25) is 25.7 Å². The zero-order valence-electron chi connectivity index (χ0n) is 30.2. The number of piperidine rings is 1. The molecule has 0 bridgehead atoms. The summed E-state index contributed by atoms with van der Waals surface area (Å²) in [6.07, 6.45) is 8.53. The van der Waals surface area contributed by atoms with Crippen LogP contribution in [0.1, 0.15) is 64.0 Å². The number of hydrogen-bond acceptors (Lipinski definition) is 7. The summed E-state index contributed by atoms with van der Waals surface area (Å²) in [7, 11) is -1.20. The van der Waals surface area contributed by atoms with Crippen LogP contribution >= 0.6 is 0 Å². The highest BCUT2D eigenvalue weighted by molar-refractivity contribution is 6.76. The lowest BCUT2D eigenvalue weighted by Crippen LogP contribution is -2.54. The van der Waals surface area contributed by atoms with Crippen molar-refractivity contribution in [1.29, 1.82) is 0 Å². The van der Waals surface area contributed by atoms with E-state index in [0.717, 1.165) is 42.9 Å². The molecule has 0 radical (unpaired) electrons. The molecule has 1 aliphatic heterocycles. The average Bonchev–Trinajstić information content (AvgIpc) is 3.31. The number of aromatic nitrogens is 2. The van der Waals surface area contributed by atoms with Gasteiger partial charge in [0.05, 0.1) is 5.39 Å². The lowest BCUT2D eigenvalue weighted by atomic mass is 9.89. The first-order chi connectivity index (χ1) is 23.1. The highest BCUT2D eigenvalue weighted by Gasteiger charge is 2.31. The molecule has 1 aromatic carbocycles. The second-order valence-electron chi connectivity index (χ2n) is 15.8. The molecular weight excluding hydrogens is 642 g/mol. The summed E-state index contributed by atoms with van der Waals surface area (Å²) >= 11 is 0. The second kappa shape index (κ2) is 15.6. The molecule has 1 aliphatic carbocycles. The van der Waals surface area contributed by atoms with Gasteiger partial charge in [0.2, 0.25) is 5.91 Å². The summed E-state index contributed by atoms with van der Waals surface area (Å²) in [5.74, 6) is -0.345. The monoisotopic (exact) mass is 695 g/mol. The molecule has 12 heteroatoms. The van der Waals surface area contributed by atoms with Crippen molar-refractivity contribution in [2.24, 2.45) is 0 Å². The number of carbonyl (C=O) groups excluding carboxylic acids is 2. The average molecular weight is 696 g/mol. The molecule has 5 rings (SSSR count). The zero-order valence-corrected chi connectivity index (χ0v) is 31.2. The van der Waals surface area contributed by atoms with E-state index in [0.29, 0.717) is 36.3 Å². The summed E-state index contributed by atoms with van der Waals surface area (Å²) in [4.78, 5) is 33.4. The predicted molar refractivity (Wildman–Crippen MR) is 192 cm³/mol. The number of nitrogens with zero attached hydrogens (tertiary/aromatic N) is 3. The number of likely N-dealkylation sites (tertiary alicyclic amines) is 1. The van der Waals surface area contributed by atoms with Crippen LogP contribution in [0.5, 0.6) is 11.5 Å². The molecule has 1 saturated carbocycles. The number of benzene rings is 1. The molecule has 1 atom stereocenters. The summed E-state index contributed by atoms with van der Waals surface area (Å²) in [6.45, 7) is 17.2. The number of ether oxygens (including phenoxy) is 3. The number of fused-ring (bicyclic) bond motifs is 1. The predicted octanol–water partition coefficient (Wildman–Crippen LogP) is 7.16. The number of halogens is 1. The summed E-state index contributed by atoms with van der Waals surface area (Å²) < 4.78 is 35.1. The van der Waals surface area contributed by atoms with Gasteiger partial charge in [-0.25, -0.2) is 14.2 Å². The molecule has 0 spiro atoms. The van der Waals surface area contributed by atoms with Gasteiger partial charge in [-0.15, -0.1) is 0 Å². The number of pyridine rings is 1. The summed E-state index contributed by atoms with van der Waals surface area (Å²) in [5, 5.41) is 6.66. The summed E-state index contributed by atoms with van der Waals surface area (Å²) in [6, 6.07) is 7.18. The van der Waals surface area contributed by atoms with Gasteiger partial charge in [-0.3, -0.25) is 4.79 Å². The molecule has 49 heavy (non-hydrogen) atoms. The Balaban J connectivity index is 1.26. The fourth-order valence-electron chi connectivity index (χ4n) is 6.34. The van der Waals surface area contributed by atoms with Gasteiger partial charge in [-0.05, 0) is 88.7 Å². The lowest BCUT2D eigenvalue weighted by Gasteiger charge is -2.42. The van der Waals surface area contributed by atoms with Crippen LogP contribution in [-0.2, 0) is 27.4 Å². The van der Waals surface area contributed by atoms with Crippen LogP contribution in [0.4, 0.5) is 9.18 Å². The third-order valence-corrected chi connectivity index (χ3v) is 11.0. The highest BCUT2D eigenvalue weighted by Crippen LogP contribution is 2.34. The van der Waals surface area contributed by atoms with E-state index in [1.807, 2.05) is 17.7 Å². The van der Waals surface area contributed by atoms with E-state index < -0.39 is 31.6 Å². The first-order valence-corrected chi connectivity index (χ1v) is 21.4. The van der Waals surface area contributed by atoms with Crippen molar-refractivity contribution < 1.29 is 28.2 Å². The Bertz CT molecular complexity index is 1600. The van der Waals surface area contributed by atoms with Gasteiger partial charge in [-0.2, -0.15) is 0 Å². The van der Waals surface area contributed by atoms with Crippen LogP contribution in [0.15, 0.2) is 36.7 Å². The number of rotatable bonds is 13. The SMILES string of the molecule is Cc1cn(COCC[Si](C)(C)C)c2nccc(Oc3ccc(C[C@H](NC(=O)OC(C)(C)C)C(=O)NC4CCN(C5CCC5)CC4)cc3F)c12. The summed E-state index contributed by atoms with van der Waals surface area (Å²) in [5.41, 5.74) is 1.46. The van der Waals surface area contributed by atoms with E-state index in [2.05, 4.69) is 40.2 Å². The Kier molecular flexibility index (Phi) is 11.7. The molecule has 268 valence electrons. The van der Waals surface area contributed by atoms with Crippen LogP contribution in [0.25, 0.3) is 11.0 Å². The number of carbonyl (C=O) groups is 2. The molecular formula is C37H54FN5O5Si. The Labute approximate surface area is 291 Å². The Morgan fingerprint density at radius 1 is 1.08 bits per heavy atom. The third kappa shape index (κ3) is 10.3. The number of hydrogen-bond donors (Lipinski definition) is 2. The smallest absolute Gasteiger partial charge is 0.408 e. The number of alkyl carbamates (subject to hydrolysis) is 1. The third-order valence-electron chi connectivity index (χ3n) is 9.27. The zero-order chi connectivity index (χ0) is 35.3. The molecule has 2 amide bonds. The van der Waals surface area contributed by atoms with E-state index in [1.54, 1.807) is 45.2 Å². The van der Waals surface area contributed by atoms with Crippen LogP contribution in [-0.4, -0.2) is 77.9 Å². The first kappa shape index (κ1) is 36.8. The van der Waals surface area contributed by atoms with Crippen LogP contribution < -0.4 is 15.4 Å². The van der Waals surface area contributed by atoms with Gasteiger partial charge in [0.15, 0.2) is 11.6 Å². The van der Waals surface area contributed by atoms with Gasteiger partial charge >= 0.3 is 6.09 Å². The molecule has 3 heterocycles. The largest absolute Gasteiger partial charge is 0.453 e. The minimum atomic E-state index is -1.20. The maximum Gasteiger partial charge on any atom is 0.408 e. The highest BCUT2D eigenvalue weighted by atomic mass is 28.3. The molecule has 3 aromatic rings. The van der Waals surface area contributed by atoms with Crippen molar-refractivity contribution in [1.82, 2.24) is 25.1 Å². The molecule has 2 aliphatic rings. The van der Waals surface area contributed by atoms with Gasteiger partial charge in [0.25, 0.3) is 0 Å². The van der Waals surface area contributed by atoms with Crippen molar-refractivity contribution in [3.63, 3.8) is 0 Å². The van der Waals surface area contributed by atoms with E-state index in [4.69, 9.17) is 14.2 Å². The van der Waals surface area contributed by atoms with Gasteiger partial charge < -0.3 is 34.3 Å². The Hall–Kier alpha value is -3.48. The molecule has 1 saturated heterocycles. The fraction of sp³-hybridized carbons (Fsp3) is 0.595. The van der Waals surface area contributed by atoms with Crippen molar-refractivity contribution in [2.75, 3.05) is 19.7 Å². The minimum Gasteiger partial charge on any atom is -0.453 e. The Morgan fingerprint density at radius 2 is 1.82 bits per heavy atom. The van der Waals surface area contributed by atoms with Crippen molar-refractivity contribution in [3.05, 3.63) is 53.6 Å². The minimum absolute atomic E-state index is 0.0199. The fourth-order valence-corrected chi connectivity index (χ4v) is 7.09. The van der Waals surface area contributed by atoms with Gasteiger partial charge in [0, 0.05) is 58.7 Å². The number of amides is 2. The molecule has 0 unspecified atom stereocenters. The molecule has 10 nitrogen and oxygen atoms in total. The van der Waals surface area contributed by atoms with E-state index in [9.17, 15) is 9.59 Å². The maximum absolute atomic E-state index is 15.6. The molecule has 2 fully saturated rings. The lowest BCUT2D eigenvalue weighted by molar-refractivity contribution is -0.124. The number of aryl methyl sites for hydroxylation is 1. The van der Waals surface area contributed by atoms with Gasteiger partial charge in [-0.1, -0.05) is 32.1 Å². The normalized spacial score (nSPS) is 17.1. The maximum atomic E-state index is 15.6. The molecule has 2 N–H and O–H groups in total. The van der Waals surface area contributed by atoms with Gasteiger partial charge in [0.1, 0.15) is 29.8 Å². The second-order valence-corrected chi connectivity index (χ2v) is 21.4. The van der Waals surface area contributed by atoms with Crippen LogP contribution in [0.3, 0.4) is 0 Å². The van der Waals surface area contributed by atoms with Crippen molar-refractivity contribution in [3.8, 4) is 11.5 Å². The molecule has 2 aromatic heterocycles. The van der Waals surface area contributed by atoms with Crippen LogP contribution in [0, 0.1) is 12.7 Å². The Morgan fingerprint density at radius 3 is 2.45 bits per heavy atom. The standard InChI is InChI=1S/C37H54FN5O5Si/c1-25-23-43(24-46-19-20-49(5,6)7)34-33(25)32(13-16-39-34)47-31-12-11-26(21-29(31)38)22-30(41-36(45)48-37(2,3)4)35(44)40-27-14-17-42(18-15-27)28-9-8-10-28/h11-13,16,21,23,27-28,30H,8-10,14-15,17-20,22,24H2,1-7H3,(H,40,44)(H,41,45)/t30-/m0/s1.